The number of amides is 1. The zero-order chi connectivity index (χ0) is 24.9. The summed E-state index contributed by atoms with van der Waals surface area (Å²) in [6.07, 6.45) is 1.68. The molecule has 0 spiro atoms. The molecule has 3 aromatic rings. The first-order chi connectivity index (χ1) is 16.9. The van der Waals surface area contributed by atoms with Gasteiger partial charge in [0.25, 0.3) is 5.91 Å². The quantitative estimate of drug-likeness (QED) is 0.341. The maximum absolute atomic E-state index is 13.4. The van der Waals surface area contributed by atoms with Crippen LogP contribution < -0.4 is 9.47 Å². The average Bonchev–Trinajstić information content (AvgIpc) is 3.39. The number of nitrogens with zero attached hydrogens (tertiary/aromatic N) is 2. The number of rotatable bonds is 11. The van der Waals surface area contributed by atoms with Crippen LogP contribution in [0.25, 0.3) is 11.3 Å². The monoisotopic (exact) mass is 497 g/mol. The SMILES string of the molecule is COCCCN1C(=O)c2[nH]nc(-c3ccc(Cl)cc3)c2C1c1ccc(OCCC(C)C)c(OC)c1. The van der Waals surface area contributed by atoms with Gasteiger partial charge in [0.15, 0.2) is 11.5 Å². The van der Waals surface area contributed by atoms with Crippen molar-refractivity contribution in [3.05, 3.63) is 64.3 Å². The van der Waals surface area contributed by atoms with Gasteiger partial charge in [-0.25, -0.2) is 0 Å². The highest BCUT2D eigenvalue weighted by atomic mass is 35.5. The van der Waals surface area contributed by atoms with Crippen molar-refractivity contribution in [1.29, 1.82) is 0 Å². The highest BCUT2D eigenvalue weighted by molar-refractivity contribution is 6.30. The summed E-state index contributed by atoms with van der Waals surface area (Å²) in [5.74, 6) is 1.80. The van der Waals surface area contributed by atoms with Gasteiger partial charge in [0.05, 0.1) is 25.5 Å². The van der Waals surface area contributed by atoms with Crippen molar-refractivity contribution < 1.29 is 19.0 Å². The van der Waals surface area contributed by atoms with E-state index in [9.17, 15) is 4.79 Å². The molecule has 0 fully saturated rings. The van der Waals surface area contributed by atoms with E-state index < -0.39 is 0 Å². The number of H-pyrrole nitrogens is 1. The largest absolute Gasteiger partial charge is 0.493 e. The number of fused-ring (bicyclic) bond motifs is 1. The van der Waals surface area contributed by atoms with Crippen LogP contribution >= 0.6 is 11.6 Å². The normalized spacial score (nSPS) is 15.1. The molecule has 1 atom stereocenters. The summed E-state index contributed by atoms with van der Waals surface area (Å²) in [5.41, 5.74) is 3.92. The minimum Gasteiger partial charge on any atom is -0.493 e. The van der Waals surface area contributed by atoms with Gasteiger partial charge >= 0.3 is 0 Å². The van der Waals surface area contributed by atoms with Gasteiger partial charge in [-0.05, 0) is 48.6 Å². The molecule has 7 nitrogen and oxygen atoms in total. The van der Waals surface area contributed by atoms with E-state index in [0.29, 0.717) is 47.9 Å². The molecule has 1 amide bonds. The summed E-state index contributed by atoms with van der Waals surface area (Å²) in [7, 11) is 3.30. The summed E-state index contributed by atoms with van der Waals surface area (Å²) in [6, 6.07) is 13.0. The first kappa shape index (κ1) is 25.1. The number of nitrogens with one attached hydrogen (secondary N) is 1. The number of ether oxygens (including phenoxy) is 3. The Morgan fingerprint density at radius 1 is 1.09 bits per heavy atom. The maximum Gasteiger partial charge on any atom is 0.273 e. The first-order valence-electron chi connectivity index (χ1n) is 11.9. The number of benzene rings is 2. The fourth-order valence-electron chi connectivity index (χ4n) is 4.36. The molecule has 2 aromatic carbocycles. The van der Waals surface area contributed by atoms with Crippen LogP contribution in [-0.2, 0) is 4.74 Å². The Kier molecular flexibility index (Phi) is 7.98. The Hall–Kier alpha value is -3.03. The molecule has 2 heterocycles. The van der Waals surface area contributed by atoms with Crippen molar-refractivity contribution in [3.8, 4) is 22.8 Å². The van der Waals surface area contributed by atoms with Crippen molar-refractivity contribution in [1.82, 2.24) is 15.1 Å². The topological polar surface area (TPSA) is 76.7 Å². The lowest BCUT2D eigenvalue weighted by molar-refractivity contribution is 0.0723. The zero-order valence-electron chi connectivity index (χ0n) is 20.6. The molecule has 1 unspecified atom stereocenters. The smallest absolute Gasteiger partial charge is 0.273 e. The number of aromatic amines is 1. The molecule has 8 heteroatoms. The molecule has 186 valence electrons. The second-order valence-corrected chi connectivity index (χ2v) is 9.49. The van der Waals surface area contributed by atoms with Crippen molar-refractivity contribution in [2.75, 3.05) is 34.0 Å². The van der Waals surface area contributed by atoms with Gasteiger partial charge in [-0.15, -0.1) is 0 Å². The Balaban J connectivity index is 1.74. The molecule has 0 saturated heterocycles. The summed E-state index contributed by atoms with van der Waals surface area (Å²) >= 11 is 6.11. The summed E-state index contributed by atoms with van der Waals surface area (Å²) < 4.78 is 16.9. The lowest BCUT2D eigenvalue weighted by atomic mass is 9.95. The van der Waals surface area contributed by atoms with Crippen LogP contribution in [0.4, 0.5) is 0 Å². The average molecular weight is 498 g/mol. The highest BCUT2D eigenvalue weighted by Gasteiger charge is 2.42. The number of halogens is 1. The van der Waals surface area contributed by atoms with E-state index in [1.165, 1.54) is 0 Å². The van der Waals surface area contributed by atoms with Gasteiger partial charge in [-0.3, -0.25) is 9.89 Å². The highest BCUT2D eigenvalue weighted by Crippen LogP contribution is 2.44. The fraction of sp³-hybridized carbons (Fsp3) is 0.407. The Labute approximate surface area is 211 Å². The van der Waals surface area contributed by atoms with E-state index in [-0.39, 0.29) is 11.9 Å². The Bertz CT molecular complexity index is 1160. The molecular weight excluding hydrogens is 466 g/mol. The number of carbonyl (C=O) groups is 1. The standard InChI is InChI=1S/C27H32ClN3O4/c1-17(2)12-15-35-21-11-8-19(16-22(21)34-4)26-23-24(18-6-9-20(28)10-7-18)29-30-25(23)27(32)31(26)13-5-14-33-3/h6-11,16-17,26H,5,12-15H2,1-4H3,(H,29,30). The van der Waals surface area contributed by atoms with Crippen LogP contribution in [0, 0.1) is 5.92 Å². The summed E-state index contributed by atoms with van der Waals surface area (Å²) in [6.45, 7) is 6.07. The van der Waals surface area contributed by atoms with Gasteiger partial charge in [0.2, 0.25) is 0 Å². The Morgan fingerprint density at radius 3 is 2.54 bits per heavy atom. The van der Waals surface area contributed by atoms with Crippen molar-refractivity contribution >= 4 is 17.5 Å². The molecule has 1 N–H and O–H groups in total. The number of hydrogen-bond acceptors (Lipinski definition) is 5. The van der Waals surface area contributed by atoms with Gasteiger partial charge < -0.3 is 19.1 Å². The molecule has 1 aromatic heterocycles. The Morgan fingerprint density at radius 2 is 1.86 bits per heavy atom. The summed E-state index contributed by atoms with van der Waals surface area (Å²) in [5, 5.41) is 8.15. The van der Waals surface area contributed by atoms with E-state index >= 15 is 0 Å². The first-order valence-corrected chi connectivity index (χ1v) is 12.3. The molecule has 0 bridgehead atoms. The van der Waals surface area contributed by atoms with Crippen LogP contribution in [0.3, 0.4) is 0 Å². The predicted molar refractivity (Wildman–Crippen MR) is 136 cm³/mol. The van der Waals surface area contributed by atoms with Crippen LogP contribution in [0.1, 0.15) is 54.3 Å². The van der Waals surface area contributed by atoms with Crippen LogP contribution in [0.15, 0.2) is 42.5 Å². The van der Waals surface area contributed by atoms with Crippen molar-refractivity contribution in [3.63, 3.8) is 0 Å². The van der Waals surface area contributed by atoms with Crippen LogP contribution in [0.5, 0.6) is 11.5 Å². The van der Waals surface area contributed by atoms with E-state index in [0.717, 1.165) is 35.2 Å². The number of aromatic nitrogens is 2. The fourth-order valence-corrected chi connectivity index (χ4v) is 4.48. The molecular formula is C27H32ClN3O4. The minimum absolute atomic E-state index is 0.0787. The van der Waals surface area contributed by atoms with Crippen LogP contribution in [0.2, 0.25) is 5.02 Å². The van der Waals surface area contributed by atoms with E-state index in [4.69, 9.17) is 25.8 Å². The minimum atomic E-state index is -0.322. The molecule has 1 aliphatic heterocycles. The molecule has 0 aliphatic carbocycles. The molecule has 0 saturated carbocycles. The predicted octanol–water partition coefficient (Wildman–Crippen LogP) is 5.75. The van der Waals surface area contributed by atoms with Crippen molar-refractivity contribution in [2.24, 2.45) is 5.92 Å². The molecule has 35 heavy (non-hydrogen) atoms. The third-order valence-corrected chi connectivity index (χ3v) is 6.44. The molecule has 1 aliphatic rings. The van der Waals surface area contributed by atoms with Crippen molar-refractivity contribution in [2.45, 2.75) is 32.7 Å². The van der Waals surface area contributed by atoms with Gasteiger partial charge in [0.1, 0.15) is 5.69 Å². The molecule has 0 radical (unpaired) electrons. The van der Waals surface area contributed by atoms with Gasteiger partial charge in [-0.2, -0.15) is 5.10 Å². The molecule has 4 rings (SSSR count). The number of hydrogen-bond donors (Lipinski definition) is 1. The lowest BCUT2D eigenvalue weighted by Crippen LogP contribution is -2.31. The van der Waals surface area contributed by atoms with Crippen LogP contribution in [-0.4, -0.2) is 55.0 Å². The third kappa shape index (κ3) is 5.31. The number of carbonyl (C=O) groups excluding carboxylic acids is 1. The van der Waals surface area contributed by atoms with E-state index in [1.54, 1.807) is 14.2 Å². The van der Waals surface area contributed by atoms with E-state index in [2.05, 4.69) is 24.0 Å². The van der Waals surface area contributed by atoms with Gasteiger partial charge in [-0.1, -0.05) is 43.6 Å². The van der Waals surface area contributed by atoms with E-state index in [1.807, 2.05) is 47.4 Å². The second-order valence-electron chi connectivity index (χ2n) is 9.06. The maximum atomic E-state index is 13.4. The van der Waals surface area contributed by atoms with Gasteiger partial charge in [0, 0.05) is 36.4 Å². The third-order valence-electron chi connectivity index (χ3n) is 6.19. The second kappa shape index (κ2) is 11.1. The zero-order valence-corrected chi connectivity index (χ0v) is 21.4. The lowest BCUT2D eigenvalue weighted by Gasteiger charge is -2.27. The number of methoxy groups -OCH3 is 2. The summed E-state index contributed by atoms with van der Waals surface area (Å²) in [4.78, 5) is 15.3.